The van der Waals surface area contributed by atoms with E-state index < -0.39 is 17.8 Å². The zero-order chi connectivity index (χ0) is 15.8. The summed E-state index contributed by atoms with van der Waals surface area (Å²) >= 11 is 3.40. The van der Waals surface area contributed by atoms with Crippen molar-refractivity contribution >= 4 is 15.9 Å². The number of alkyl halides is 3. The second kappa shape index (κ2) is 5.81. The van der Waals surface area contributed by atoms with Crippen LogP contribution in [0.2, 0.25) is 0 Å². The van der Waals surface area contributed by atoms with Crippen LogP contribution in [0.1, 0.15) is 33.9 Å². The molecule has 0 saturated carbocycles. The molecule has 5 heteroatoms. The van der Waals surface area contributed by atoms with Crippen LogP contribution in [-0.2, 0) is 6.18 Å². The van der Waals surface area contributed by atoms with Gasteiger partial charge in [-0.3, -0.25) is 0 Å². The summed E-state index contributed by atoms with van der Waals surface area (Å²) in [5.74, 6) is 0. The van der Waals surface area contributed by atoms with Crippen molar-refractivity contribution in [2.75, 3.05) is 0 Å². The topological polar surface area (TPSA) is 20.2 Å². The van der Waals surface area contributed by atoms with Gasteiger partial charge >= 0.3 is 6.18 Å². The Morgan fingerprint density at radius 3 is 2.10 bits per heavy atom. The second-order valence-corrected chi connectivity index (χ2v) is 5.75. The van der Waals surface area contributed by atoms with Gasteiger partial charge < -0.3 is 5.11 Å². The van der Waals surface area contributed by atoms with Gasteiger partial charge in [0.2, 0.25) is 0 Å². The van der Waals surface area contributed by atoms with Crippen molar-refractivity contribution in [1.29, 1.82) is 0 Å². The molecule has 2 aromatic carbocycles. The summed E-state index contributed by atoms with van der Waals surface area (Å²) in [6.45, 7) is 3.67. The van der Waals surface area contributed by atoms with Gasteiger partial charge in [-0.25, -0.2) is 0 Å². The molecule has 0 fully saturated rings. The minimum atomic E-state index is -4.49. The van der Waals surface area contributed by atoms with Crippen LogP contribution < -0.4 is 0 Å². The third-order valence-corrected chi connectivity index (χ3v) is 4.59. The fraction of sp³-hybridized carbons (Fsp3) is 0.250. The van der Waals surface area contributed by atoms with Crippen molar-refractivity contribution in [2.45, 2.75) is 26.1 Å². The molecule has 2 rings (SSSR count). The van der Waals surface area contributed by atoms with E-state index in [1.807, 2.05) is 13.8 Å². The van der Waals surface area contributed by atoms with E-state index in [1.54, 1.807) is 12.1 Å². The second-order valence-electron chi connectivity index (χ2n) is 4.96. The van der Waals surface area contributed by atoms with E-state index in [4.69, 9.17) is 0 Å². The van der Waals surface area contributed by atoms with Crippen molar-refractivity contribution in [3.05, 3.63) is 68.7 Å². The summed E-state index contributed by atoms with van der Waals surface area (Å²) < 4.78 is 40.0. The van der Waals surface area contributed by atoms with Crippen molar-refractivity contribution in [2.24, 2.45) is 0 Å². The van der Waals surface area contributed by atoms with Crippen LogP contribution in [0.4, 0.5) is 13.2 Å². The zero-order valence-corrected chi connectivity index (χ0v) is 13.1. The highest BCUT2D eigenvalue weighted by Crippen LogP contribution is 2.37. The normalized spacial score (nSPS) is 13.3. The number of rotatable bonds is 2. The van der Waals surface area contributed by atoms with Crippen LogP contribution >= 0.6 is 15.9 Å². The molecule has 0 aliphatic heterocycles. The molecule has 1 unspecified atom stereocenters. The molecule has 0 bridgehead atoms. The highest BCUT2D eigenvalue weighted by atomic mass is 79.9. The molecule has 1 nitrogen and oxygen atoms in total. The van der Waals surface area contributed by atoms with Crippen molar-refractivity contribution in [3.63, 3.8) is 0 Å². The minimum Gasteiger partial charge on any atom is -0.384 e. The van der Waals surface area contributed by atoms with Crippen molar-refractivity contribution in [3.8, 4) is 0 Å². The average molecular weight is 359 g/mol. The van der Waals surface area contributed by atoms with Crippen LogP contribution in [0.5, 0.6) is 0 Å². The maximum atomic E-state index is 13.0. The van der Waals surface area contributed by atoms with Gasteiger partial charge in [0, 0.05) is 4.47 Å². The number of aryl methyl sites for hydroxylation is 2. The molecular formula is C16H14BrF3O. The first kappa shape index (κ1) is 16.0. The van der Waals surface area contributed by atoms with Gasteiger partial charge in [-0.15, -0.1) is 0 Å². The van der Waals surface area contributed by atoms with E-state index in [9.17, 15) is 18.3 Å². The molecule has 1 N–H and O–H groups in total. The van der Waals surface area contributed by atoms with Gasteiger partial charge in [0.1, 0.15) is 6.10 Å². The first-order valence-corrected chi connectivity index (χ1v) is 7.12. The first-order chi connectivity index (χ1) is 9.71. The van der Waals surface area contributed by atoms with Crippen LogP contribution in [0, 0.1) is 13.8 Å². The fourth-order valence-electron chi connectivity index (χ4n) is 2.31. The number of halogens is 4. The highest BCUT2D eigenvalue weighted by Gasteiger charge is 2.35. The van der Waals surface area contributed by atoms with Crippen LogP contribution in [0.3, 0.4) is 0 Å². The Labute approximate surface area is 129 Å². The van der Waals surface area contributed by atoms with Gasteiger partial charge in [-0.2, -0.15) is 13.2 Å². The standard InChI is InChI=1S/C16H14BrF3O/c1-9-7-11(8-10(2)14(9)17)15(21)12-5-3-4-6-13(12)16(18,19)20/h3-8,15,21H,1-2H3. The third-order valence-electron chi connectivity index (χ3n) is 3.34. The maximum Gasteiger partial charge on any atom is 0.416 e. The van der Waals surface area contributed by atoms with Crippen LogP contribution in [0.25, 0.3) is 0 Å². The Morgan fingerprint density at radius 1 is 1.05 bits per heavy atom. The van der Waals surface area contributed by atoms with E-state index >= 15 is 0 Å². The number of aliphatic hydroxyl groups excluding tert-OH is 1. The molecule has 0 saturated heterocycles. The predicted molar refractivity (Wildman–Crippen MR) is 79.1 cm³/mol. The molecule has 2 aromatic rings. The number of benzene rings is 2. The molecular weight excluding hydrogens is 345 g/mol. The van der Waals surface area contributed by atoms with Gasteiger partial charge in [0.05, 0.1) is 5.56 Å². The largest absolute Gasteiger partial charge is 0.416 e. The molecule has 0 aliphatic rings. The number of aliphatic hydroxyl groups is 1. The Balaban J connectivity index is 2.53. The molecule has 21 heavy (non-hydrogen) atoms. The lowest BCUT2D eigenvalue weighted by atomic mass is 9.94. The van der Waals surface area contributed by atoms with Crippen molar-refractivity contribution < 1.29 is 18.3 Å². The summed E-state index contributed by atoms with van der Waals surface area (Å²) in [6, 6.07) is 8.48. The summed E-state index contributed by atoms with van der Waals surface area (Å²) in [5.41, 5.74) is 1.24. The smallest absolute Gasteiger partial charge is 0.384 e. The lowest BCUT2D eigenvalue weighted by Gasteiger charge is -2.19. The molecule has 1 atom stereocenters. The van der Waals surface area contributed by atoms with E-state index in [1.165, 1.54) is 18.2 Å². The first-order valence-electron chi connectivity index (χ1n) is 6.32. The molecule has 0 aromatic heterocycles. The summed E-state index contributed by atoms with van der Waals surface area (Å²) in [5, 5.41) is 10.4. The maximum absolute atomic E-state index is 13.0. The van der Waals surface area contributed by atoms with Crippen molar-refractivity contribution in [1.82, 2.24) is 0 Å². The van der Waals surface area contributed by atoms with E-state index in [0.29, 0.717) is 5.56 Å². The van der Waals surface area contributed by atoms with E-state index in [0.717, 1.165) is 21.7 Å². The Bertz CT molecular complexity index is 642. The minimum absolute atomic E-state index is 0.133. The fourth-order valence-corrected chi connectivity index (χ4v) is 2.54. The number of hydrogen-bond acceptors (Lipinski definition) is 1. The molecule has 0 aliphatic carbocycles. The lowest BCUT2D eigenvalue weighted by Crippen LogP contribution is -2.12. The van der Waals surface area contributed by atoms with E-state index in [2.05, 4.69) is 15.9 Å². The highest BCUT2D eigenvalue weighted by molar-refractivity contribution is 9.10. The van der Waals surface area contributed by atoms with E-state index in [-0.39, 0.29) is 5.56 Å². The SMILES string of the molecule is Cc1cc(C(O)c2ccccc2C(F)(F)F)cc(C)c1Br. The van der Waals surface area contributed by atoms with Crippen LogP contribution in [-0.4, -0.2) is 5.11 Å². The third kappa shape index (κ3) is 3.30. The monoisotopic (exact) mass is 358 g/mol. The molecule has 0 spiro atoms. The quantitative estimate of drug-likeness (QED) is 0.785. The Kier molecular flexibility index (Phi) is 4.44. The number of hydrogen-bond donors (Lipinski definition) is 1. The zero-order valence-electron chi connectivity index (χ0n) is 11.5. The summed E-state index contributed by atoms with van der Waals surface area (Å²) in [7, 11) is 0. The predicted octanol–water partition coefficient (Wildman–Crippen LogP) is 5.17. The molecule has 0 heterocycles. The molecule has 112 valence electrons. The van der Waals surface area contributed by atoms with Crippen LogP contribution in [0.15, 0.2) is 40.9 Å². The Morgan fingerprint density at radius 2 is 1.57 bits per heavy atom. The average Bonchev–Trinajstić information content (AvgIpc) is 2.42. The van der Waals surface area contributed by atoms with Gasteiger partial charge in [-0.1, -0.05) is 46.3 Å². The summed E-state index contributed by atoms with van der Waals surface area (Å²) in [6.07, 6.45) is -5.80. The van der Waals surface area contributed by atoms with Gasteiger partial charge in [-0.05, 0) is 42.2 Å². The molecule has 0 radical (unpaired) electrons. The lowest BCUT2D eigenvalue weighted by molar-refractivity contribution is -0.139. The van der Waals surface area contributed by atoms with Gasteiger partial charge in [0.15, 0.2) is 0 Å². The summed E-state index contributed by atoms with van der Waals surface area (Å²) in [4.78, 5) is 0. The molecule has 0 amide bonds. The van der Waals surface area contributed by atoms with Gasteiger partial charge in [0.25, 0.3) is 0 Å². The Hall–Kier alpha value is -1.33.